The second-order valence-electron chi connectivity index (χ2n) is 16.1. The molecule has 16 heteroatoms. The molecule has 0 saturated heterocycles. The number of hydrogen-bond acceptors (Lipinski definition) is 11. The lowest BCUT2D eigenvalue weighted by atomic mass is 9.86. The van der Waals surface area contributed by atoms with Crippen molar-refractivity contribution in [2.45, 2.75) is 164 Å². The molecule has 0 rings (SSSR count). The smallest absolute Gasteiger partial charge is 0.414 e. The van der Waals surface area contributed by atoms with Crippen molar-refractivity contribution in [2.75, 3.05) is 39.4 Å². The van der Waals surface area contributed by atoms with Gasteiger partial charge in [0, 0.05) is 45.7 Å². The Morgan fingerprint density at radius 3 is 1.72 bits per heavy atom. The zero-order chi connectivity index (χ0) is 40.7. The molecule has 1 unspecified atom stereocenters. The lowest BCUT2D eigenvalue weighted by molar-refractivity contribution is -0.345. The van der Waals surface area contributed by atoms with E-state index in [-0.39, 0.29) is 24.2 Å². The third-order valence-corrected chi connectivity index (χ3v) is 7.75. The van der Waals surface area contributed by atoms with Crippen LogP contribution in [-0.2, 0) is 33.0 Å². The Labute approximate surface area is 321 Å². The lowest BCUT2D eigenvalue weighted by Crippen LogP contribution is -2.53. The summed E-state index contributed by atoms with van der Waals surface area (Å²) in [7, 11) is -1.02. The fraction of sp³-hybridized carbons (Fsp3) is 0.865. The van der Waals surface area contributed by atoms with Crippen molar-refractivity contribution in [3.63, 3.8) is 0 Å². The SMILES string of the molecule is CCOC(CCNCCCCNC(=O)C(NC(=O)CCCCCCN=C(NC(=O)OC(C)(C)C)NC(=O)OC(C)(C)C)C(C)(C)C)(OCC)O[Si](C)C. The van der Waals surface area contributed by atoms with Crippen LogP contribution in [0.15, 0.2) is 4.99 Å². The van der Waals surface area contributed by atoms with E-state index in [2.05, 4.69) is 44.7 Å². The summed E-state index contributed by atoms with van der Waals surface area (Å²) in [5.41, 5.74) is -1.92. The van der Waals surface area contributed by atoms with Gasteiger partial charge < -0.3 is 39.3 Å². The molecule has 0 fully saturated rings. The van der Waals surface area contributed by atoms with Gasteiger partial charge in [-0.1, -0.05) is 33.6 Å². The van der Waals surface area contributed by atoms with Crippen molar-refractivity contribution < 1.29 is 42.6 Å². The summed E-state index contributed by atoms with van der Waals surface area (Å²) in [6.07, 6.45) is 3.87. The first-order valence-electron chi connectivity index (χ1n) is 19.1. The molecule has 0 saturated carbocycles. The standard InChI is InChI=1S/C37H73N6O9Si/c1-14-48-37(49-15-2,52-53(12)13)23-27-38-24-20-21-25-39-30(45)29(34(3,4)5)41-28(44)22-18-16-17-19-26-40-31(42-32(46)50-35(6,7)8)43-33(47)51-36(9,10)11/h29,38H,14-27H2,1-13H3,(H,39,45)(H,41,44)(H2,40,42,43,46,47). The predicted molar refractivity (Wildman–Crippen MR) is 210 cm³/mol. The highest BCUT2D eigenvalue weighted by Gasteiger charge is 2.34. The number of carbonyl (C=O) groups is 4. The molecule has 0 bridgehead atoms. The molecular formula is C37H73N6O9Si. The molecule has 5 N–H and O–H groups in total. The van der Waals surface area contributed by atoms with Crippen LogP contribution in [0.1, 0.15) is 128 Å². The number of hydrogen-bond donors (Lipinski definition) is 5. The second-order valence-corrected chi connectivity index (χ2v) is 18.1. The zero-order valence-corrected chi connectivity index (χ0v) is 36.1. The largest absolute Gasteiger partial charge is 0.444 e. The first kappa shape index (κ1) is 50.2. The number of nitrogens with one attached hydrogen (secondary N) is 5. The highest BCUT2D eigenvalue weighted by atomic mass is 28.3. The summed E-state index contributed by atoms with van der Waals surface area (Å²) in [4.78, 5) is 54.8. The maximum atomic E-state index is 13.1. The number of ether oxygens (including phenoxy) is 4. The van der Waals surface area contributed by atoms with Crippen LogP contribution in [-0.4, -0.2) is 102 Å². The second kappa shape index (κ2) is 25.3. The normalized spacial score (nSPS) is 12.9. The molecule has 0 aliphatic carbocycles. The van der Waals surface area contributed by atoms with Gasteiger partial charge >= 0.3 is 12.2 Å². The van der Waals surface area contributed by atoms with Crippen LogP contribution < -0.4 is 26.6 Å². The molecule has 0 aromatic carbocycles. The molecule has 1 atom stereocenters. The first-order valence-corrected chi connectivity index (χ1v) is 21.5. The average molecular weight is 774 g/mol. The van der Waals surface area contributed by atoms with Crippen molar-refractivity contribution in [1.29, 1.82) is 0 Å². The van der Waals surface area contributed by atoms with Crippen LogP contribution in [0.3, 0.4) is 0 Å². The molecule has 0 aliphatic rings. The number of nitrogens with zero attached hydrogens (tertiary/aromatic N) is 1. The Hall–Kier alpha value is -2.79. The van der Waals surface area contributed by atoms with Crippen LogP contribution in [0.5, 0.6) is 0 Å². The Morgan fingerprint density at radius 1 is 0.698 bits per heavy atom. The minimum atomic E-state index is -1.02. The van der Waals surface area contributed by atoms with Crippen molar-refractivity contribution >= 4 is 39.0 Å². The van der Waals surface area contributed by atoms with E-state index >= 15 is 0 Å². The lowest BCUT2D eigenvalue weighted by Gasteiger charge is -2.34. The van der Waals surface area contributed by atoms with Crippen molar-refractivity contribution in [3.05, 3.63) is 0 Å². The minimum Gasteiger partial charge on any atom is -0.444 e. The molecule has 0 aromatic rings. The third-order valence-electron chi connectivity index (χ3n) is 7.03. The van der Waals surface area contributed by atoms with E-state index in [0.29, 0.717) is 52.1 Å². The Kier molecular flexibility index (Phi) is 24.0. The quantitative estimate of drug-likeness (QED) is 0.0282. The monoisotopic (exact) mass is 774 g/mol. The summed E-state index contributed by atoms with van der Waals surface area (Å²) >= 11 is 0. The molecule has 53 heavy (non-hydrogen) atoms. The van der Waals surface area contributed by atoms with Gasteiger partial charge in [-0.3, -0.25) is 25.2 Å². The number of aliphatic imine (C=N–C) groups is 1. The van der Waals surface area contributed by atoms with Gasteiger partial charge in [0.05, 0.1) is 0 Å². The van der Waals surface area contributed by atoms with Gasteiger partial charge in [-0.05, 0) is 106 Å². The Bertz CT molecular complexity index is 1080. The average Bonchev–Trinajstić information content (AvgIpc) is 2.97. The molecule has 0 spiro atoms. The molecule has 4 amide bonds. The van der Waals surface area contributed by atoms with Crippen LogP contribution in [0, 0.1) is 5.41 Å². The van der Waals surface area contributed by atoms with E-state index in [9.17, 15) is 19.2 Å². The molecule has 309 valence electrons. The summed E-state index contributed by atoms with van der Waals surface area (Å²) < 4.78 is 28.3. The van der Waals surface area contributed by atoms with Crippen LogP contribution in [0.4, 0.5) is 9.59 Å². The van der Waals surface area contributed by atoms with Gasteiger partial charge in [0.2, 0.25) is 26.8 Å². The highest BCUT2D eigenvalue weighted by molar-refractivity contribution is 6.48. The predicted octanol–water partition coefficient (Wildman–Crippen LogP) is 5.74. The first-order chi connectivity index (χ1) is 24.5. The summed E-state index contributed by atoms with van der Waals surface area (Å²) in [5.74, 6) is -1.45. The van der Waals surface area contributed by atoms with E-state index in [0.717, 1.165) is 32.2 Å². The van der Waals surface area contributed by atoms with Gasteiger partial charge in [0.25, 0.3) is 5.97 Å². The molecule has 15 nitrogen and oxygen atoms in total. The van der Waals surface area contributed by atoms with Crippen LogP contribution in [0.25, 0.3) is 0 Å². The zero-order valence-electron chi connectivity index (χ0n) is 35.1. The topological polar surface area (TPSA) is 187 Å². The van der Waals surface area contributed by atoms with Gasteiger partial charge in [-0.25, -0.2) is 9.59 Å². The van der Waals surface area contributed by atoms with E-state index < -0.39 is 49.9 Å². The maximum Gasteiger partial charge on any atom is 0.414 e. The van der Waals surface area contributed by atoms with Gasteiger partial charge in [-0.2, -0.15) is 0 Å². The third kappa shape index (κ3) is 26.6. The summed E-state index contributed by atoms with van der Waals surface area (Å²) in [6, 6.07) is -0.662. The van der Waals surface area contributed by atoms with Crippen molar-refractivity contribution in [1.82, 2.24) is 26.6 Å². The Balaban J connectivity index is 4.69. The number of carbonyl (C=O) groups excluding carboxylic acids is 4. The number of amides is 4. The minimum absolute atomic E-state index is 0.0632. The van der Waals surface area contributed by atoms with Gasteiger partial charge in [0.15, 0.2) is 0 Å². The fourth-order valence-electron chi connectivity index (χ4n) is 4.86. The summed E-state index contributed by atoms with van der Waals surface area (Å²) in [5, 5.41) is 14.3. The Morgan fingerprint density at radius 2 is 1.23 bits per heavy atom. The van der Waals surface area contributed by atoms with Crippen LogP contribution >= 0.6 is 0 Å². The number of alkyl carbamates (subject to hydrolysis) is 2. The van der Waals surface area contributed by atoms with E-state index in [1.54, 1.807) is 41.5 Å². The summed E-state index contributed by atoms with van der Waals surface area (Å²) in [6.45, 7) is 27.4. The van der Waals surface area contributed by atoms with E-state index in [4.69, 9.17) is 23.4 Å². The molecule has 1 radical (unpaired) electrons. The van der Waals surface area contributed by atoms with Gasteiger partial charge in [-0.15, -0.1) is 0 Å². The van der Waals surface area contributed by atoms with E-state index in [1.807, 2.05) is 34.6 Å². The van der Waals surface area contributed by atoms with Crippen LogP contribution in [0.2, 0.25) is 13.1 Å². The molecule has 0 heterocycles. The molecule has 0 aromatic heterocycles. The fourth-order valence-corrected chi connectivity index (χ4v) is 5.70. The highest BCUT2D eigenvalue weighted by Crippen LogP contribution is 2.22. The number of rotatable bonds is 23. The number of unbranched alkanes of at least 4 members (excludes halogenated alkanes) is 4. The molecular weight excluding hydrogens is 701 g/mol. The number of guanidine groups is 1. The molecule has 0 aliphatic heterocycles. The maximum absolute atomic E-state index is 13.1. The van der Waals surface area contributed by atoms with Gasteiger partial charge in [0.1, 0.15) is 17.2 Å². The van der Waals surface area contributed by atoms with Crippen molar-refractivity contribution in [3.8, 4) is 0 Å². The van der Waals surface area contributed by atoms with Crippen molar-refractivity contribution in [2.24, 2.45) is 10.4 Å². The van der Waals surface area contributed by atoms with E-state index in [1.165, 1.54) is 0 Å².